The number of benzene rings is 1. The zero-order valence-corrected chi connectivity index (χ0v) is 16.3. The lowest BCUT2D eigenvalue weighted by Gasteiger charge is -2.24. The minimum Gasteiger partial charge on any atom is -0.373 e. The Morgan fingerprint density at radius 3 is 3.03 bits per heavy atom. The molecule has 1 aliphatic rings. The second kappa shape index (κ2) is 7.48. The number of carbonyl (C=O) groups is 1. The molecule has 29 heavy (non-hydrogen) atoms. The van der Waals surface area contributed by atoms with Gasteiger partial charge in [-0.2, -0.15) is 0 Å². The van der Waals surface area contributed by atoms with Crippen LogP contribution in [0.1, 0.15) is 12.1 Å². The van der Waals surface area contributed by atoms with Gasteiger partial charge in [0.25, 0.3) is 0 Å². The molecule has 0 spiro atoms. The first kappa shape index (κ1) is 17.6. The van der Waals surface area contributed by atoms with E-state index < -0.39 is 0 Å². The van der Waals surface area contributed by atoms with E-state index in [4.69, 9.17) is 0 Å². The van der Waals surface area contributed by atoms with Gasteiger partial charge in [-0.1, -0.05) is 6.08 Å². The fourth-order valence-corrected chi connectivity index (χ4v) is 4.22. The number of aldehydes is 1. The van der Waals surface area contributed by atoms with Gasteiger partial charge in [0.05, 0.1) is 21.1 Å². The number of rotatable bonds is 5. The molecular weight excluding hydrogens is 384 g/mol. The SMILES string of the molecule is O=CC=CN1CC=C(c2cc3c(Nc4ccc5ncsc5c4)ncnc3[nH]2)CC1. The first-order valence-corrected chi connectivity index (χ1v) is 10.2. The molecule has 5 rings (SSSR count). The highest BCUT2D eigenvalue weighted by atomic mass is 32.1. The smallest absolute Gasteiger partial charge is 0.144 e. The molecule has 1 aromatic carbocycles. The monoisotopic (exact) mass is 402 g/mol. The van der Waals surface area contributed by atoms with Crippen LogP contribution >= 0.6 is 11.3 Å². The maximum Gasteiger partial charge on any atom is 0.144 e. The number of carbonyl (C=O) groups excluding carboxylic acids is 1. The number of nitrogens with zero attached hydrogens (tertiary/aromatic N) is 4. The number of thiazole rings is 1. The molecule has 3 aromatic heterocycles. The molecule has 7 nitrogen and oxygen atoms in total. The molecule has 0 bridgehead atoms. The molecule has 0 saturated heterocycles. The first-order valence-electron chi connectivity index (χ1n) is 9.29. The van der Waals surface area contributed by atoms with E-state index in [0.717, 1.165) is 64.2 Å². The van der Waals surface area contributed by atoms with Crippen LogP contribution in [-0.2, 0) is 4.79 Å². The van der Waals surface area contributed by atoms with Crippen LogP contribution in [-0.4, -0.2) is 44.2 Å². The number of nitrogens with one attached hydrogen (secondary N) is 2. The van der Waals surface area contributed by atoms with Crippen LogP contribution in [0.25, 0.3) is 26.8 Å². The minimum absolute atomic E-state index is 0.772. The van der Waals surface area contributed by atoms with Crippen molar-refractivity contribution in [1.29, 1.82) is 0 Å². The average Bonchev–Trinajstić information content (AvgIpc) is 3.40. The summed E-state index contributed by atoms with van der Waals surface area (Å²) in [5.41, 5.74) is 6.93. The van der Waals surface area contributed by atoms with Gasteiger partial charge in [0.1, 0.15) is 24.1 Å². The number of fused-ring (bicyclic) bond motifs is 2. The molecule has 1 aliphatic heterocycles. The van der Waals surface area contributed by atoms with Crippen LogP contribution in [0.4, 0.5) is 11.5 Å². The number of hydrogen-bond donors (Lipinski definition) is 2. The van der Waals surface area contributed by atoms with Crippen molar-refractivity contribution >= 4 is 56.0 Å². The second-order valence-electron chi connectivity index (χ2n) is 6.78. The Morgan fingerprint density at radius 2 is 2.17 bits per heavy atom. The number of aromatic nitrogens is 4. The Morgan fingerprint density at radius 1 is 1.21 bits per heavy atom. The molecule has 4 aromatic rings. The largest absolute Gasteiger partial charge is 0.373 e. The normalized spacial score (nSPS) is 14.6. The molecule has 0 radical (unpaired) electrons. The topological polar surface area (TPSA) is 86.8 Å². The molecule has 144 valence electrons. The summed E-state index contributed by atoms with van der Waals surface area (Å²) in [6, 6.07) is 8.20. The van der Waals surface area contributed by atoms with Gasteiger partial charge >= 0.3 is 0 Å². The van der Waals surface area contributed by atoms with Crippen molar-refractivity contribution in [1.82, 2.24) is 24.8 Å². The maximum absolute atomic E-state index is 10.5. The van der Waals surface area contributed by atoms with Gasteiger partial charge in [-0.3, -0.25) is 4.79 Å². The second-order valence-corrected chi connectivity index (χ2v) is 7.67. The molecule has 8 heteroatoms. The van der Waals surface area contributed by atoms with E-state index >= 15 is 0 Å². The number of anilines is 2. The summed E-state index contributed by atoms with van der Waals surface area (Å²) >= 11 is 1.62. The fourth-order valence-electron chi connectivity index (χ4n) is 3.50. The van der Waals surface area contributed by atoms with Gasteiger partial charge in [0, 0.05) is 30.7 Å². The zero-order valence-electron chi connectivity index (χ0n) is 15.5. The van der Waals surface area contributed by atoms with Gasteiger partial charge in [-0.25, -0.2) is 15.0 Å². The van der Waals surface area contributed by atoms with Gasteiger partial charge in [0.15, 0.2) is 0 Å². The number of H-pyrrole nitrogens is 1. The summed E-state index contributed by atoms with van der Waals surface area (Å²) in [6.45, 7) is 1.65. The van der Waals surface area contributed by atoms with Crippen molar-refractivity contribution in [2.24, 2.45) is 0 Å². The van der Waals surface area contributed by atoms with Crippen LogP contribution in [0.2, 0.25) is 0 Å². The molecule has 4 heterocycles. The highest BCUT2D eigenvalue weighted by molar-refractivity contribution is 7.16. The zero-order chi connectivity index (χ0) is 19.6. The van der Waals surface area contributed by atoms with Gasteiger partial charge in [0.2, 0.25) is 0 Å². The third kappa shape index (κ3) is 3.50. The lowest BCUT2D eigenvalue weighted by Crippen LogP contribution is -2.23. The highest BCUT2D eigenvalue weighted by Gasteiger charge is 2.15. The van der Waals surface area contributed by atoms with Crippen molar-refractivity contribution < 1.29 is 4.79 Å². The lowest BCUT2D eigenvalue weighted by atomic mass is 10.1. The predicted molar refractivity (Wildman–Crippen MR) is 116 cm³/mol. The summed E-state index contributed by atoms with van der Waals surface area (Å²) in [6.07, 6.45) is 8.81. The van der Waals surface area contributed by atoms with Gasteiger partial charge in [-0.05, 0) is 42.3 Å². The quantitative estimate of drug-likeness (QED) is 0.386. The van der Waals surface area contributed by atoms with E-state index in [1.165, 1.54) is 11.6 Å². The third-order valence-corrected chi connectivity index (χ3v) is 5.77. The summed E-state index contributed by atoms with van der Waals surface area (Å²) in [4.78, 5) is 29.2. The van der Waals surface area contributed by atoms with Crippen molar-refractivity contribution in [2.75, 3.05) is 18.4 Å². The van der Waals surface area contributed by atoms with Gasteiger partial charge < -0.3 is 15.2 Å². The van der Waals surface area contributed by atoms with Crippen LogP contribution in [0.3, 0.4) is 0 Å². The minimum atomic E-state index is 0.772. The molecule has 2 N–H and O–H groups in total. The molecule has 0 fully saturated rings. The molecule has 0 saturated carbocycles. The third-order valence-electron chi connectivity index (χ3n) is 4.98. The predicted octanol–water partition coefficient (Wildman–Crippen LogP) is 4.11. The Hall–Kier alpha value is -3.52. The Bertz CT molecular complexity index is 1250. The van der Waals surface area contributed by atoms with Crippen LogP contribution in [0, 0.1) is 0 Å². The van der Waals surface area contributed by atoms with Crippen LogP contribution in [0.15, 0.2) is 54.5 Å². The van der Waals surface area contributed by atoms with Crippen molar-refractivity contribution in [3.05, 3.63) is 60.1 Å². The first-order chi connectivity index (χ1) is 14.3. The van der Waals surface area contributed by atoms with Crippen LogP contribution in [0.5, 0.6) is 0 Å². The number of hydrogen-bond acceptors (Lipinski definition) is 7. The summed E-state index contributed by atoms with van der Waals surface area (Å²) in [5.74, 6) is 0.772. The lowest BCUT2D eigenvalue weighted by molar-refractivity contribution is -0.104. The summed E-state index contributed by atoms with van der Waals surface area (Å²) in [7, 11) is 0. The van der Waals surface area contributed by atoms with Crippen LogP contribution < -0.4 is 5.32 Å². The van der Waals surface area contributed by atoms with E-state index in [9.17, 15) is 4.79 Å². The van der Waals surface area contributed by atoms with Gasteiger partial charge in [-0.15, -0.1) is 11.3 Å². The maximum atomic E-state index is 10.5. The molecule has 0 unspecified atom stereocenters. The highest BCUT2D eigenvalue weighted by Crippen LogP contribution is 2.30. The van der Waals surface area contributed by atoms with Crippen molar-refractivity contribution in [3.8, 4) is 0 Å². The molecular formula is C21H18N6OS. The average molecular weight is 402 g/mol. The fraction of sp³-hybridized carbons (Fsp3) is 0.143. The molecule has 0 aliphatic carbocycles. The van der Waals surface area contributed by atoms with E-state index in [2.05, 4.69) is 48.4 Å². The number of allylic oxidation sites excluding steroid dienone is 1. The Labute approximate surface area is 170 Å². The summed E-state index contributed by atoms with van der Waals surface area (Å²) < 4.78 is 1.13. The summed E-state index contributed by atoms with van der Waals surface area (Å²) in [5, 5.41) is 4.37. The Kier molecular flexibility index (Phi) is 4.53. The van der Waals surface area contributed by atoms with Crippen molar-refractivity contribution in [2.45, 2.75) is 6.42 Å². The number of aromatic amines is 1. The van der Waals surface area contributed by atoms with E-state index in [1.807, 2.05) is 23.8 Å². The standard InChI is InChI=1S/C21H18N6OS/c28-9-1-6-27-7-4-14(5-8-27)18-11-16-20(22-12-23-21(16)26-18)25-15-2-3-17-19(10-15)29-13-24-17/h1-4,6,9-13H,5,7-8H2,(H2,22,23,25,26). The Balaban J connectivity index is 1.43. The molecule has 0 atom stereocenters. The molecule has 0 amide bonds. The van der Waals surface area contributed by atoms with E-state index in [1.54, 1.807) is 17.7 Å². The van der Waals surface area contributed by atoms with Crippen molar-refractivity contribution in [3.63, 3.8) is 0 Å². The van der Waals surface area contributed by atoms with E-state index in [0.29, 0.717) is 0 Å². The van der Waals surface area contributed by atoms with E-state index in [-0.39, 0.29) is 0 Å².